The first-order valence-electron chi connectivity index (χ1n) is 10.6. The maximum atomic E-state index is 11.0. The van der Waals surface area contributed by atoms with Crippen LogP contribution in [0.15, 0.2) is 36.4 Å². The standard InChI is InChI=1S/C26H32O2/c1-4-5-8-21-17-23-9-6-7-16-26(2,3)24(23)18-22(21)15-12-19-10-13-20(14-11-19)25(27)28/h10-15,17-18H,4-9,16H2,1-3H3,(H,27,28)/b15-12+. The Morgan fingerprint density at radius 2 is 1.86 bits per heavy atom. The molecule has 2 aromatic carbocycles. The Morgan fingerprint density at radius 1 is 1.11 bits per heavy atom. The summed E-state index contributed by atoms with van der Waals surface area (Å²) >= 11 is 0. The molecule has 0 aliphatic heterocycles. The van der Waals surface area contributed by atoms with Crippen LogP contribution in [0, 0.1) is 0 Å². The summed E-state index contributed by atoms with van der Waals surface area (Å²) in [5, 5.41) is 9.07. The zero-order valence-corrected chi connectivity index (χ0v) is 17.4. The van der Waals surface area contributed by atoms with E-state index in [1.165, 1.54) is 60.8 Å². The van der Waals surface area contributed by atoms with E-state index in [4.69, 9.17) is 5.11 Å². The van der Waals surface area contributed by atoms with Gasteiger partial charge in [0.2, 0.25) is 0 Å². The highest BCUT2D eigenvalue weighted by atomic mass is 16.4. The molecule has 0 spiro atoms. The molecule has 148 valence electrons. The van der Waals surface area contributed by atoms with Crippen molar-refractivity contribution >= 4 is 18.1 Å². The number of aromatic carboxylic acids is 1. The third-order valence-electron chi connectivity index (χ3n) is 6.00. The van der Waals surface area contributed by atoms with Crippen molar-refractivity contribution in [3.63, 3.8) is 0 Å². The van der Waals surface area contributed by atoms with Crippen molar-refractivity contribution in [3.05, 3.63) is 69.8 Å². The van der Waals surface area contributed by atoms with Gasteiger partial charge < -0.3 is 5.11 Å². The second kappa shape index (κ2) is 8.77. The molecule has 0 saturated carbocycles. The van der Waals surface area contributed by atoms with Gasteiger partial charge in [-0.15, -0.1) is 0 Å². The van der Waals surface area contributed by atoms with Crippen LogP contribution in [-0.4, -0.2) is 11.1 Å². The highest BCUT2D eigenvalue weighted by molar-refractivity contribution is 5.88. The first-order valence-corrected chi connectivity index (χ1v) is 10.6. The van der Waals surface area contributed by atoms with Crippen LogP contribution in [-0.2, 0) is 18.3 Å². The molecule has 2 nitrogen and oxygen atoms in total. The van der Waals surface area contributed by atoms with Gasteiger partial charge in [-0.05, 0) is 77.5 Å². The van der Waals surface area contributed by atoms with Crippen LogP contribution >= 0.6 is 0 Å². The zero-order chi connectivity index (χ0) is 20.1. The summed E-state index contributed by atoms with van der Waals surface area (Å²) in [5.41, 5.74) is 7.37. The van der Waals surface area contributed by atoms with E-state index in [-0.39, 0.29) is 5.41 Å². The average Bonchev–Trinajstić information content (AvgIpc) is 2.82. The minimum absolute atomic E-state index is 0.223. The maximum Gasteiger partial charge on any atom is 0.335 e. The number of aryl methyl sites for hydroxylation is 2. The summed E-state index contributed by atoms with van der Waals surface area (Å²) in [6.07, 6.45) is 12.9. The van der Waals surface area contributed by atoms with Crippen molar-refractivity contribution in [3.8, 4) is 0 Å². The Hall–Kier alpha value is -2.35. The van der Waals surface area contributed by atoms with Crippen LogP contribution in [0.5, 0.6) is 0 Å². The number of rotatable bonds is 6. The second-order valence-electron chi connectivity index (χ2n) is 8.66. The summed E-state index contributed by atoms with van der Waals surface area (Å²) < 4.78 is 0. The van der Waals surface area contributed by atoms with Crippen molar-refractivity contribution in [1.82, 2.24) is 0 Å². The van der Waals surface area contributed by atoms with Gasteiger partial charge in [0, 0.05) is 0 Å². The fourth-order valence-corrected chi connectivity index (χ4v) is 4.23. The molecule has 0 radical (unpaired) electrons. The molecule has 1 N–H and O–H groups in total. The normalized spacial score (nSPS) is 16.0. The summed E-state index contributed by atoms with van der Waals surface area (Å²) in [7, 11) is 0. The molecule has 1 aliphatic rings. The number of fused-ring (bicyclic) bond motifs is 1. The highest BCUT2D eigenvalue weighted by Gasteiger charge is 2.26. The molecule has 0 unspecified atom stereocenters. The number of hydrogen-bond acceptors (Lipinski definition) is 1. The van der Waals surface area contributed by atoms with E-state index in [1.807, 2.05) is 12.1 Å². The summed E-state index contributed by atoms with van der Waals surface area (Å²) in [6, 6.07) is 12.0. The number of carboxylic acids is 1. The molecule has 0 saturated heterocycles. The zero-order valence-electron chi connectivity index (χ0n) is 17.4. The van der Waals surface area contributed by atoms with Gasteiger partial charge >= 0.3 is 5.97 Å². The lowest BCUT2D eigenvalue weighted by atomic mass is 9.78. The van der Waals surface area contributed by atoms with Crippen LogP contribution in [0.2, 0.25) is 0 Å². The molecular formula is C26H32O2. The Labute approximate surface area is 169 Å². The van der Waals surface area contributed by atoms with Crippen molar-refractivity contribution in [2.45, 2.75) is 71.1 Å². The van der Waals surface area contributed by atoms with Crippen LogP contribution in [0.1, 0.15) is 91.1 Å². The largest absolute Gasteiger partial charge is 0.478 e. The van der Waals surface area contributed by atoms with Crippen molar-refractivity contribution in [2.75, 3.05) is 0 Å². The Bertz CT molecular complexity index is 857. The third kappa shape index (κ3) is 4.73. The third-order valence-corrected chi connectivity index (χ3v) is 6.00. The predicted molar refractivity (Wildman–Crippen MR) is 118 cm³/mol. The molecule has 2 aromatic rings. The minimum atomic E-state index is -0.884. The Balaban J connectivity index is 1.97. The summed E-state index contributed by atoms with van der Waals surface area (Å²) in [4.78, 5) is 11.0. The molecule has 1 aliphatic carbocycles. The monoisotopic (exact) mass is 376 g/mol. The molecule has 2 heteroatoms. The quantitative estimate of drug-likeness (QED) is 0.440. The van der Waals surface area contributed by atoms with E-state index >= 15 is 0 Å². The lowest BCUT2D eigenvalue weighted by molar-refractivity contribution is 0.0697. The Kier molecular flexibility index (Phi) is 6.39. The molecule has 0 fully saturated rings. The van der Waals surface area contributed by atoms with Gasteiger partial charge in [-0.3, -0.25) is 0 Å². The highest BCUT2D eigenvalue weighted by Crippen LogP contribution is 2.37. The fourth-order valence-electron chi connectivity index (χ4n) is 4.23. The molecule has 0 heterocycles. The van der Waals surface area contributed by atoms with Crippen LogP contribution in [0.3, 0.4) is 0 Å². The Morgan fingerprint density at radius 3 is 2.54 bits per heavy atom. The van der Waals surface area contributed by atoms with Gasteiger partial charge in [-0.2, -0.15) is 0 Å². The van der Waals surface area contributed by atoms with E-state index in [2.05, 4.69) is 45.1 Å². The molecule has 0 bridgehead atoms. The summed E-state index contributed by atoms with van der Waals surface area (Å²) in [5.74, 6) is -0.884. The van der Waals surface area contributed by atoms with Gasteiger partial charge in [0.25, 0.3) is 0 Å². The molecule has 0 atom stereocenters. The lowest BCUT2D eigenvalue weighted by Crippen LogP contribution is -2.18. The molecular weight excluding hydrogens is 344 g/mol. The number of hydrogen-bond donors (Lipinski definition) is 1. The van der Waals surface area contributed by atoms with E-state index in [9.17, 15) is 4.79 Å². The first-order chi connectivity index (χ1) is 13.4. The topological polar surface area (TPSA) is 37.3 Å². The van der Waals surface area contributed by atoms with Crippen molar-refractivity contribution in [1.29, 1.82) is 0 Å². The SMILES string of the molecule is CCCCc1cc2c(cc1/C=C/c1ccc(C(=O)O)cc1)C(C)(C)CCCC2. The lowest BCUT2D eigenvalue weighted by Gasteiger charge is -2.27. The van der Waals surface area contributed by atoms with E-state index in [0.717, 1.165) is 12.0 Å². The average molecular weight is 377 g/mol. The van der Waals surface area contributed by atoms with Crippen LogP contribution < -0.4 is 0 Å². The predicted octanol–water partition coefficient (Wildman–Crippen LogP) is 6.90. The van der Waals surface area contributed by atoms with Gasteiger partial charge in [-0.25, -0.2) is 4.79 Å². The molecule has 28 heavy (non-hydrogen) atoms. The van der Waals surface area contributed by atoms with Crippen molar-refractivity contribution < 1.29 is 9.90 Å². The van der Waals surface area contributed by atoms with Gasteiger partial charge in [0.1, 0.15) is 0 Å². The molecule has 0 aromatic heterocycles. The number of benzene rings is 2. The van der Waals surface area contributed by atoms with Crippen molar-refractivity contribution in [2.24, 2.45) is 0 Å². The van der Waals surface area contributed by atoms with E-state index < -0.39 is 5.97 Å². The van der Waals surface area contributed by atoms with Gasteiger partial charge in [-0.1, -0.05) is 70.0 Å². The summed E-state index contributed by atoms with van der Waals surface area (Å²) in [6.45, 7) is 6.99. The van der Waals surface area contributed by atoms with Gasteiger partial charge in [0.05, 0.1) is 5.56 Å². The number of carbonyl (C=O) groups is 1. The smallest absolute Gasteiger partial charge is 0.335 e. The minimum Gasteiger partial charge on any atom is -0.478 e. The maximum absolute atomic E-state index is 11.0. The molecule has 0 amide bonds. The second-order valence-corrected chi connectivity index (χ2v) is 8.66. The molecule has 3 rings (SSSR count). The number of unbranched alkanes of at least 4 members (excludes halogenated alkanes) is 1. The number of carboxylic acid groups (broad SMARTS) is 1. The fraction of sp³-hybridized carbons (Fsp3) is 0.423. The van der Waals surface area contributed by atoms with Crippen LogP contribution in [0.25, 0.3) is 12.2 Å². The van der Waals surface area contributed by atoms with E-state index in [0.29, 0.717) is 5.56 Å². The van der Waals surface area contributed by atoms with E-state index in [1.54, 1.807) is 12.1 Å². The van der Waals surface area contributed by atoms with Crippen LogP contribution in [0.4, 0.5) is 0 Å². The van der Waals surface area contributed by atoms with Gasteiger partial charge in [0.15, 0.2) is 0 Å². The first kappa shape index (κ1) is 20.4.